The van der Waals surface area contributed by atoms with Crippen LogP contribution in [0.25, 0.3) is 0 Å². The van der Waals surface area contributed by atoms with Crippen LogP contribution in [0.15, 0.2) is 0 Å². The maximum Gasteiger partial charge on any atom is 0.305 e. The van der Waals surface area contributed by atoms with Crippen LogP contribution in [0.2, 0.25) is 0 Å². The number of carbonyl (C=O) groups is 3. The molecule has 2 saturated carbocycles. The summed E-state index contributed by atoms with van der Waals surface area (Å²) in [7, 11) is 0. The van der Waals surface area contributed by atoms with Gasteiger partial charge in [-0.2, -0.15) is 0 Å². The SMILES string of the molecule is O=C(O)CCN(C(=O)C1CC(=O)N(C2CC2)C1)C1CC1. The average Bonchev–Trinajstić information content (AvgIpc) is 3.28. The van der Waals surface area contributed by atoms with Crippen molar-refractivity contribution < 1.29 is 19.5 Å². The molecule has 1 N–H and O–H groups in total. The quantitative estimate of drug-likeness (QED) is 0.767. The molecular weight excluding hydrogens is 260 g/mol. The Bertz CT molecular complexity index is 442. The summed E-state index contributed by atoms with van der Waals surface area (Å²) in [5.74, 6) is -1.09. The van der Waals surface area contributed by atoms with Crippen LogP contribution >= 0.6 is 0 Å². The van der Waals surface area contributed by atoms with Crippen molar-refractivity contribution in [2.75, 3.05) is 13.1 Å². The highest BCUT2D eigenvalue weighted by atomic mass is 16.4. The monoisotopic (exact) mass is 280 g/mol. The van der Waals surface area contributed by atoms with E-state index in [1.54, 1.807) is 4.90 Å². The third-order valence-electron chi connectivity index (χ3n) is 4.33. The first-order valence-electron chi connectivity index (χ1n) is 7.38. The molecule has 1 saturated heterocycles. The summed E-state index contributed by atoms with van der Waals surface area (Å²) < 4.78 is 0. The summed E-state index contributed by atoms with van der Waals surface area (Å²) >= 11 is 0. The predicted octanol–water partition coefficient (Wildman–Crippen LogP) is 0.463. The Hall–Kier alpha value is -1.59. The fourth-order valence-electron chi connectivity index (χ4n) is 2.95. The minimum Gasteiger partial charge on any atom is -0.481 e. The molecule has 3 rings (SSSR count). The number of rotatable bonds is 6. The molecule has 1 aliphatic heterocycles. The van der Waals surface area contributed by atoms with Crippen LogP contribution in [-0.2, 0) is 14.4 Å². The molecule has 1 heterocycles. The van der Waals surface area contributed by atoms with E-state index in [4.69, 9.17) is 5.11 Å². The summed E-state index contributed by atoms with van der Waals surface area (Å²) in [6, 6.07) is 0.556. The lowest BCUT2D eigenvalue weighted by Crippen LogP contribution is -2.40. The summed E-state index contributed by atoms with van der Waals surface area (Å²) in [6.07, 6.45) is 4.30. The third kappa shape index (κ3) is 2.78. The van der Waals surface area contributed by atoms with E-state index in [2.05, 4.69) is 0 Å². The second-order valence-electron chi connectivity index (χ2n) is 6.08. The van der Waals surface area contributed by atoms with Gasteiger partial charge in [0.15, 0.2) is 0 Å². The van der Waals surface area contributed by atoms with E-state index in [1.165, 1.54) is 0 Å². The summed E-state index contributed by atoms with van der Waals surface area (Å²) in [5, 5.41) is 8.78. The van der Waals surface area contributed by atoms with Crippen LogP contribution in [-0.4, -0.2) is 57.9 Å². The number of likely N-dealkylation sites (tertiary alicyclic amines) is 1. The Morgan fingerprint density at radius 2 is 1.95 bits per heavy atom. The molecule has 0 aromatic rings. The predicted molar refractivity (Wildman–Crippen MR) is 69.8 cm³/mol. The number of aliphatic carboxylic acids is 1. The van der Waals surface area contributed by atoms with Crippen LogP contribution in [0, 0.1) is 5.92 Å². The molecule has 0 aromatic heterocycles. The van der Waals surface area contributed by atoms with Gasteiger partial charge in [-0.3, -0.25) is 14.4 Å². The zero-order chi connectivity index (χ0) is 14.3. The standard InChI is InChI=1S/C14H20N2O4/c17-12-7-9(8-16(12)11-3-4-11)14(20)15(10-1-2-10)6-5-13(18)19/h9-11H,1-8H2,(H,18,19). The zero-order valence-corrected chi connectivity index (χ0v) is 11.5. The molecule has 0 spiro atoms. The fraction of sp³-hybridized carbons (Fsp3) is 0.786. The first-order chi connectivity index (χ1) is 9.56. The molecule has 6 heteroatoms. The van der Waals surface area contributed by atoms with Crippen molar-refractivity contribution >= 4 is 17.8 Å². The molecule has 1 atom stereocenters. The number of hydrogen-bond acceptors (Lipinski definition) is 3. The van der Waals surface area contributed by atoms with E-state index in [1.807, 2.05) is 4.90 Å². The Kier molecular flexibility index (Phi) is 3.40. The van der Waals surface area contributed by atoms with Gasteiger partial charge in [0.1, 0.15) is 0 Å². The van der Waals surface area contributed by atoms with Crippen molar-refractivity contribution in [1.29, 1.82) is 0 Å². The molecule has 110 valence electrons. The fourth-order valence-corrected chi connectivity index (χ4v) is 2.95. The maximum atomic E-state index is 12.5. The van der Waals surface area contributed by atoms with Crippen molar-refractivity contribution in [3.8, 4) is 0 Å². The molecule has 1 unspecified atom stereocenters. The first-order valence-corrected chi connectivity index (χ1v) is 7.38. The van der Waals surface area contributed by atoms with E-state index < -0.39 is 5.97 Å². The molecule has 2 aliphatic carbocycles. The van der Waals surface area contributed by atoms with Crippen LogP contribution in [0.1, 0.15) is 38.5 Å². The smallest absolute Gasteiger partial charge is 0.305 e. The van der Waals surface area contributed by atoms with Crippen LogP contribution < -0.4 is 0 Å². The highest BCUT2D eigenvalue weighted by Gasteiger charge is 2.44. The number of carboxylic acid groups (broad SMARTS) is 1. The lowest BCUT2D eigenvalue weighted by atomic mass is 10.1. The minimum absolute atomic E-state index is 0.0186. The van der Waals surface area contributed by atoms with Crippen molar-refractivity contribution in [2.24, 2.45) is 5.92 Å². The Morgan fingerprint density at radius 1 is 1.25 bits per heavy atom. The van der Waals surface area contributed by atoms with E-state index in [0.717, 1.165) is 25.7 Å². The lowest BCUT2D eigenvalue weighted by molar-refractivity contribution is -0.140. The lowest BCUT2D eigenvalue weighted by Gasteiger charge is -2.25. The molecular formula is C14H20N2O4. The first kappa shape index (κ1) is 13.4. The summed E-state index contributed by atoms with van der Waals surface area (Å²) in [6.45, 7) is 0.797. The van der Waals surface area contributed by atoms with Gasteiger partial charge in [-0.15, -0.1) is 0 Å². The molecule has 6 nitrogen and oxygen atoms in total. The van der Waals surface area contributed by atoms with Crippen molar-refractivity contribution in [3.63, 3.8) is 0 Å². The zero-order valence-electron chi connectivity index (χ0n) is 11.5. The normalized spacial score (nSPS) is 25.9. The molecule has 0 bridgehead atoms. The number of nitrogens with zero attached hydrogens (tertiary/aromatic N) is 2. The summed E-state index contributed by atoms with van der Waals surface area (Å²) in [5.41, 5.74) is 0. The van der Waals surface area contributed by atoms with E-state index in [9.17, 15) is 14.4 Å². The molecule has 20 heavy (non-hydrogen) atoms. The van der Waals surface area contributed by atoms with Gasteiger partial charge < -0.3 is 14.9 Å². The van der Waals surface area contributed by atoms with Gasteiger partial charge in [0.2, 0.25) is 11.8 Å². The maximum absolute atomic E-state index is 12.5. The topological polar surface area (TPSA) is 77.9 Å². The van der Waals surface area contributed by atoms with Crippen LogP contribution in [0.5, 0.6) is 0 Å². The minimum atomic E-state index is -0.884. The van der Waals surface area contributed by atoms with Gasteiger partial charge >= 0.3 is 5.97 Å². The molecule has 3 fully saturated rings. The van der Waals surface area contributed by atoms with Gasteiger partial charge in [-0.1, -0.05) is 0 Å². The number of hydrogen-bond donors (Lipinski definition) is 1. The number of amides is 2. The van der Waals surface area contributed by atoms with E-state index in [0.29, 0.717) is 19.0 Å². The van der Waals surface area contributed by atoms with Gasteiger partial charge in [0.05, 0.1) is 12.3 Å². The van der Waals surface area contributed by atoms with Gasteiger partial charge in [-0.05, 0) is 25.7 Å². The van der Waals surface area contributed by atoms with Crippen LogP contribution in [0.3, 0.4) is 0 Å². The van der Waals surface area contributed by atoms with E-state index in [-0.39, 0.29) is 36.7 Å². The Labute approximate surface area is 117 Å². The molecule has 0 aromatic carbocycles. The number of carbonyl (C=O) groups excluding carboxylic acids is 2. The molecule has 3 aliphatic rings. The van der Waals surface area contributed by atoms with Crippen molar-refractivity contribution in [3.05, 3.63) is 0 Å². The second kappa shape index (κ2) is 5.07. The van der Waals surface area contributed by atoms with E-state index >= 15 is 0 Å². The summed E-state index contributed by atoms with van der Waals surface area (Å²) in [4.78, 5) is 38.7. The van der Waals surface area contributed by atoms with Gasteiger partial charge in [0, 0.05) is 31.6 Å². The van der Waals surface area contributed by atoms with Crippen molar-refractivity contribution in [2.45, 2.75) is 50.6 Å². The molecule has 0 radical (unpaired) electrons. The Morgan fingerprint density at radius 3 is 2.50 bits per heavy atom. The van der Waals surface area contributed by atoms with Gasteiger partial charge in [-0.25, -0.2) is 0 Å². The third-order valence-corrected chi connectivity index (χ3v) is 4.33. The Balaban J connectivity index is 1.61. The second-order valence-corrected chi connectivity index (χ2v) is 6.08. The van der Waals surface area contributed by atoms with Gasteiger partial charge in [0.25, 0.3) is 0 Å². The number of carboxylic acids is 1. The highest BCUT2D eigenvalue weighted by molar-refractivity contribution is 5.90. The van der Waals surface area contributed by atoms with Crippen LogP contribution in [0.4, 0.5) is 0 Å². The largest absolute Gasteiger partial charge is 0.481 e. The average molecular weight is 280 g/mol. The molecule has 2 amide bonds. The van der Waals surface area contributed by atoms with Crippen molar-refractivity contribution in [1.82, 2.24) is 9.80 Å². The highest BCUT2D eigenvalue weighted by Crippen LogP contribution is 2.35.